The first kappa shape index (κ1) is 12.8. The Morgan fingerprint density at radius 1 is 1.23 bits per heavy atom. The van der Waals surface area contributed by atoms with Crippen LogP contribution in [0, 0.1) is 0 Å². The molecule has 2 nitrogen and oxygen atoms in total. The number of hydrogen-bond donors (Lipinski definition) is 2. The fourth-order valence-corrected chi connectivity index (χ4v) is 1.29. The molecule has 0 saturated heterocycles. The van der Waals surface area contributed by atoms with Crippen molar-refractivity contribution in [2.24, 2.45) is 5.73 Å². The Bertz CT molecular complexity index is 115. The molecule has 0 aliphatic heterocycles. The van der Waals surface area contributed by atoms with E-state index in [1.807, 2.05) is 6.92 Å². The van der Waals surface area contributed by atoms with Gasteiger partial charge in [-0.15, -0.1) is 0 Å². The van der Waals surface area contributed by atoms with Crippen molar-refractivity contribution in [1.29, 1.82) is 0 Å². The Morgan fingerprint density at radius 3 is 2.31 bits per heavy atom. The summed E-state index contributed by atoms with van der Waals surface area (Å²) in [4.78, 5) is 0. The maximum Gasteiger partial charge on any atom is 0.0894 e. The highest BCUT2D eigenvalue weighted by Gasteiger charge is 2.20. The van der Waals surface area contributed by atoms with E-state index in [0.29, 0.717) is 6.42 Å². The first-order valence-electron chi connectivity index (χ1n) is 5.14. The topological polar surface area (TPSA) is 46.2 Å². The van der Waals surface area contributed by atoms with E-state index in [0.717, 1.165) is 32.1 Å². The molecule has 3 heteroatoms. The predicted molar refractivity (Wildman–Crippen MR) is 53.4 cm³/mol. The van der Waals surface area contributed by atoms with Crippen molar-refractivity contribution in [3.8, 4) is 0 Å². The number of nitrogens with two attached hydrogens (primary N) is 1. The van der Waals surface area contributed by atoms with E-state index in [1.165, 1.54) is 0 Å². The molecule has 0 aromatic carbocycles. The highest BCUT2D eigenvalue weighted by Crippen LogP contribution is 2.15. The van der Waals surface area contributed by atoms with Crippen LogP contribution < -0.4 is 5.73 Å². The molecule has 0 aromatic heterocycles. The summed E-state index contributed by atoms with van der Waals surface area (Å²) < 4.78 is 11.7. The lowest BCUT2D eigenvalue weighted by Crippen LogP contribution is -2.42. The van der Waals surface area contributed by atoms with Gasteiger partial charge in [-0.2, -0.15) is 0 Å². The van der Waals surface area contributed by atoms with Crippen LogP contribution in [0.3, 0.4) is 0 Å². The molecule has 0 rings (SSSR count). The second-order valence-corrected chi connectivity index (χ2v) is 3.73. The van der Waals surface area contributed by atoms with Crippen LogP contribution in [0.15, 0.2) is 0 Å². The largest absolute Gasteiger partial charge is 0.394 e. The van der Waals surface area contributed by atoms with Gasteiger partial charge in [-0.1, -0.05) is 26.2 Å². The fraction of sp³-hybridized carbons (Fsp3) is 1.00. The summed E-state index contributed by atoms with van der Waals surface area (Å²) in [6.07, 6.45) is 5.23. The molecule has 0 spiro atoms. The third-order valence-electron chi connectivity index (χ3n) is 2.58. The second-order valence-electron chi connectivity index (χ2n) is 3.73. The first-order chi connectivity index (χ1) is 6.18. The second kappa shape index (κ2) is 7.27. The molecule has 0 radical (unpaired) electrons. The summed E-state index contributed by atoms with van der Waals surface area (Å²) in [5, 5.41) is 9.00. The average Bonchev–Trinajstić information content (AvgIpc) is 2.17. The number of unbranched alkanes of at least 4 members (excludes halogenated alkanes) is 3. The van der Waals surface area contributed by atoms with Gasteiger partial charge in [-0.25, -0.2) is 0 Å². The van der Waals surface area contributed by atoms with Crippen molar-refractivity contribution in [2.75, 3.05) is 13.3 Å². The number of halogens is 1. The number of aliphatic hydroxyl groups excluding tert-OH is 1. The molecule has 0 aromatic rings. The Labute approximate surface area is 80.3 Å². The molecule has 3 N–H and O–H groups in total. The Morgan fingerprint density at radius 2 is 1.85 bits per heavy atom. The van der Waals surface area contributed by atoms with Gasteiger partial charge in [0.25, 0.3) is 0 Å². The third kappa shape index (κ3) is 5.99. The zero-order valence-electron chi connectivity index (χ0n) is 8.56. The molecule has 0 amide bonds. The molecular weight excluding hydrogens is 168 g/mol. The minimum Gasteiger partial charge on any atom is -0.394 e. The highest BCUT2D eigenvalue weighted by atomic mass is 18.2. The summed E-state index contributed by atoms with van der Waals surface area (Å²) in [6.45, 7) is 1.81. The normalized spacial score (nSPS) is 15.7. The van der Waals surface area contributed by atoms with Gasteiger partial charge in [0.1, 0.15) is 0 Å². The zero-order chi connectivity index (χ0) is 10.2. The van der Waals surface area contributed by atoms with Crippen LogP contribution in [0.2, 0.25) is 0 Å². The summed E-state index contributed by atoms with van der Waals surface area (Å²) in [7, 11) is 0. The lowest BCUT2D eigenvalue weighted by molar-refractivity contribution is 0.179. The van der Waals surface area contributed by atoms with Gasteiger partial charge < -0.3 is 10.8 Å². The summed E-state index contributed by atoms with van der Waals surface area (Å²) in [6, 6.07) is 0. The minimum atomic E-state index is -0.407. The summed E-state index contributed by atoms with van der Waals surface area (Å²) in [5.74, 6) is 0. The van der Waals surface area contributed by atoms with E-state index in [1.54, 1.807) is 0 Å². The van der Waals surface area contributed by atoms with E-state index in [-0.39, 0.29) is 13.3 Å². The van der Waals surface area contributed by atoms with E-state index < -0.39 is 5.54 Å². The fourth-order valence-electron chi connectivity index (χ4n) is 1.29. The van der Waals surface area contributed by atoms with Crippen molar-refractivity contribution in [2.45, 2.75) is 51.0 Å². The van der Waals surface area contributed by atoms with E-state index in [9.17, 15) is 4.39 Å². The monoisotopic (exact) mass is 190 g/mol. The Hall–Kier alpha value is -0.150. The van der Waals surface area contributed by atoms with Gasteiger partial charge in [0.2, 0.25) is 0 Å². The average molecular weight is 190 g/mol. The summed E-state index contributed by atoms with van der Waals surface area (Å²) >= 11 is 0. The molecule has 1 atom stereocenters. The van der Waals surface area contributed by atoms with Crippen LogP contribution >= 0.6 is 0 Å². The van der Waals surface area contributed by atoms with E-state index >= 15 is 0 Å². The van der Waals surface area contributed by atoms with Gasteiger partial charge in [0.15, 0.2) is 0 Å². The molecule has 80 valence electrons. The van der Waals surface area contributed by atoms with Gasteiger partial charge in [0.05, 0.1) is 13.3 Å². The molecule has 0 aliphatic carbocycles. The number of aliphatic hydroxyl groups is 1. The standard InChI is InChI=1S/C10H22FNO/c1-2-10(12,9-13)7-5-3-4-6-8-11/h13H,2-9,12H2,1H3/i11-1. The minimum absolute atomic E-state index is 0.0482. The van der Waals surface area contributed by atoms with Crippen LogP contribution in [0.5, 0.6) is 0 Å². The molecule has 0 fully saturated rings. The van der Waals surface area contributed by atoms with Crippen LogP contribution in [0.4, 0.5) is 4.39 Å². The van der Waals surface area contributed by atoms with Gasteiger partial charge in [0, 0.05) is 5.54 Å². The number of alkyl halides is 1. The smallest absolute Gasteiger partial charge is 0.0894 e. The zero-order valence-corrected chi connectivity index (χ0v) is 8.56. The molecule has 0 bridgehead atoms. The number of rotatable bonds is 8. The van der Waals surface area contributed by atoms with Crippen LogP contribution in [-0.2, 0) is 0 Å². The quantitative estimate of drug-likeness (QED) is 0.575. The molecular formula is C10H22FNO. The Kier molecular flexibility index (Phi) is 7.19. The molecule has 0 heterocycles. The maximum absolute atomic E-state index is 11.7. The van der Waals surface area contributed by atoms with Crippen molar-refractivity contribution in [1.82, 2.24) is 0 Å². The van der Waals surface area contributed by atoms with Gasteiger partial charge >= 0.3 is 0 Å². The lowest BCUT2D eigenvalue weighted by atomic mass is 9.91. The first-order valence-corrected chi connectivity index (χ1v) is 5.14. The Balaban J connectivity index is 3.39. The summed E-state index contributed by atoms with van der Waals surface area (Å²) in [5.41, 5.74) is 5.48. The van der Waals surface area contributed by atoms with E-state index in [2.05, 4.69) is 0 Å². The van der Waals surface area contributed by atoms with E-state index in [4.69, 9.17) is 10.8 Å². The van der Waals surface area contributed by atoms with Crippen molar-refractivity contribution in [3.05, 3.63) is 0 Å². The third-order valence-corrected chi connectivity index (χ3v) is 2.58. The van der Waals surface area contributed by atoms with Crippen molar-refractivity contribution >= 4 is 0 Å². The van der Waals surface area contributed by atoms with Gasteiger partial charge in [-0.3, -0.25) is 4.39 Å². The highest BCUT2D eigenvalue weighted by molar-refractivity contribution is 4.81. The molecule has 0 aliphatic rings. The predicted octanol–water partition coefficient (Wildman–Crippen LogP) is 2.01. The lowest BCUT2D eigenvalue weighted by Gasteiger charge is -2.25. The van der Waals surface area contributed by atoms with Crippen molar-refractivity contribution < 1.29 is 9.50 Å². The molecule has 0 saturated carbocycles. The van der Waals surface area contributed by atoms with Gasteiger partial charge in [-0.05, 0) is 19.3 Å². The van der Waals surface area contributed by atoms with Crippen LogP contribution in [0.25, 0.3) is 0 Å². The molecule has 13 heavy (non-hydrogen) atoms. The molecule has 1 unspecified atom stereocenters. The number of hydrogen-bond acceptors (Lipinski definition) is 2. The van der Waals surface area contributed by atoms with Crippen molar-refractivity contribution in [3.63, 3.8) is 0 Å². The SMILES string of the molecule is CCC(N)(CO)CCCCCC[18F]. The maximum atomic E-state index is 11.7. The van der Waals surface area contributed by atoms with Crippen LogP contribution in [0.1, 0.15) is 45.4 Å². The van der Waals surface area contributed by atoms with Crippen LogP contribution in [-0.4, -0.2) is 23.9 Å².